The van der Waals surface area contributed by atoms with Gasteiger partial charge in [-0.1, -0.05) is 35.5 Å². The average Bonchev–Trinajstić information content (AvgIpc) is 3.31. The van der Waals surface area contributed by atoms with Gasteiger partial charge in [-0.05, 0) is 61.4 Å². The molecule has 0 saturated heterocycles. The number of amides is 2. The van der Waals surface area contributed by atoms with Crippen molar-refractivity contribution >= 4 is 17.3 Å². The van der Waals surface area contributed by atoms with E-state index in [0.717, 1.165) is 0 Å². The zero-order chi connectivity index (χ0) is 24.7. The number of nitrogens with zero attached hydrogens (tertiary/aromatic N) is 3. The van der Waals surface area contributed by atoms with E-state index in [1.165, 1.54) is 41.3 Å². The Morgan fingerprint density at radius 2 is 1.71 bits per heavy atom. The fraction of sp³-hybridized carbons (Fsp3) is 0.115. The first-order valence-electron chi connectivity index (χ1n) is 10.7. The molecule has 9 heteroatoms. The summed E-state index contributed by atoms with van der Waals surface area (Å²) in [5.41, 5.74) is 2.59. The number of urea groups is 1. The molecule has 1 atom stereocenters. The molecule has 0 bridgehead atoms. The van der Waals surface area contributed by atoms with Gasteiger partial charge in [0.15, 0.2) is 0 Å². The van der Waals surface area contributed by atoms with Gasteiger partial charge < -0.3 is 9.84 Å². The van der Waals surface area contributed by atoms with Crippen molar-refractivity contribution in [2.45, 2.75) is 19.9 Å². The Balaban J connectivity index is 1.66. The zero-order valence-electron chi connectivity index (χ0n) is 18.7. The number of benzene rings is 3. The Hall–Kier alpha value is -4.40. The van der Waals surface area contributed by atoms with Gasteiger partial charge in [-0.25, -0.2) is 18.0 Å². The molecule has 176 valence electrons. The Labute approximate surface area is 198 Å². The molecular weight excluding hydrogens is 457 g/mol. The smallest absolute Gasteiger partial charge is 0.327 e. The van der Waals surface area contributed by atoms with E-state index >= 15 is 0 Å². The van der Waals surface area contributed by atoms with Gasteiger partial charge in [0.05, 0.1) is 17.3 Å². The van der Waals surface area contributed by atoms with Gasteiger partial charge in [-0.15, -0.1) is 0 Å². The maximum atomic E-state index is 14.3. The van der Waals surface area contributed by atoms with Crippen molar-refractivity contribution in [1.82, 2.24) is 15.5 Å². The van der Waals surface area contributed by atoms with Gasteiger partial charge in [-0.2, -0.15) is 4.98 Å². The van der Waals surface area contributed by atoms with Crippen LogP contribution in [0.1, 0.15) is 30.0 Å². The highest BCUT2D eigenvalue weighted by molar-refractivity contribution is 6.01. The van der Waals surface area contributed by atoms with E-state index in [1.807, 2.05) is 0 Å². The SMILES string of the molecule is CC1=C(c2nc(-c3cccc(F)c3)no2)C(c2ccc(F)cc2)NC(=O)N1c1ccc(C)c(F)c1. The number of aryl methyl sites for hydroxylation is 1. The van der Waals surface area contributed by atoms with Gasteiger partial charge in [0.2, 0.25) is 5.82 Å². The molecule has 1 aliphatic heterocycles. The lowest BCUT2D eigenvalue weighted by atomic mass is 9.94. The number of allylic oxidation sites excluding steroid dienone is 1. The van der Waals surface area contributed by atoms with Crippen molar-refractivity contribution in [2.75, 3.05) is 4.90 Å². The summed E-state index contributed by atoms with van der Waals surface area (Å²) in [6, 6.07) is 14.6. The summed E-state index contributed by atoms with van der Waals surface area (Å²) in [6.45, 7) is 3.30. The maximum absolute atomic E-state index is 14.3. The van der Waals surface area contributed by atoms with Crippen LogP contribution < -0.4 is 10.2 Å². The molecule has 35 heavy (non-hydrogen) atoms. The number of hydrogen-bond acceptors (Lipinski definition) is 4. The van der Waals surface area contributed by atoms with Crippen LogP contribution in [0.4, 0.5) is 23.7 Å². The lowest BCUT2D eigenvalue weighted by Gasteiger charge is -2.35. The van der Waals surface area contributed by atoms with Gasteiger partial charge >= 0.3 is 6.03 Å². The largest absolute Gasteiger partial charge is 0.334 e. The highest BCUT2D eigenvalue weighted by atomic mass is 19.1. The number of carbonyl (C=O) groups excluding carboxylic acids is 1. The van der Waals surface area contributed by atoms with Crippen molar-refractivity contribution in [3.05, 3.63) is 107 Å². The number of halogens is 3. The standard InChI is InChI=1S/C26H19F3N4O2/c1-14-6-11-20(13-21(14)29)33-15(2)22(23(30-26(33)34)16-7-9-18(27)10-8-16)25-31-24(32-35-25)17-4-3-5-19(28)12-17/h3-13,23H,1-2H3,(H,30,34). The summed E-state index contributed by atoms with van der Waals surface area (Å²) < 4.78 is 47.2. The molecule has 0 radical (unpaired) electrons. The van der Waals surface area contributed by atoms with E-state index in [4.69, 9.17) is 4.52 Å². The highest BCUT2D eigenvalue weighted by Crippen LogP contribution is 2.39. The Kier molecular flexibility index (Phi) is 5.60. The first-order chi connectivity index (χ1) is 16.8. The molecule has 0 spiro atoms. The Morgan fingerprint density at radius 1 is 0.943 bits per heavy atom. The van der Waals surface area contributed by atoms with Gasteiger partial charge in [0, 0.05) is 11.3 Å². The molecule has 2 heterocycles. The van der Waals surface area contributed by atoms with Crippen LogP contribution in [-0.4, -0.2) is 16.2 Å². The molecule has 1 aliphatic rings. The van der Waals surface area contributed by atoms with Crippen molar-refractivity contribution in [2.24, 2.45) is 0 Å². The third kappa shape index (κ3) is 4.16. The molecule has 0 saturated carbocycles. The third-order valence-electron chi connectivity index (χ3n) is 5.84. The molecule has 0 fully saturated rings. The van der Waals surface area contributed by atoms with Crippen molar-refractivity contribution in [3.8, 4) is 11.4 Å². The summed E-state index contributed by atoms with van der Waals surface area (Å²) in [7, 11) is 0. The van der Waals surface area contributed by atoms with E-state index in [1.54, 1.807) is 44.2 Å². The molecule has 4 aromatic rings. The Bertz CT molecular complexity index is 1460. The topological polar surface area (TPSA) is 71.3 Å². The number of anilines is 1. The first-order valence-corrected chi connectivity index (χ1v) is 10.7. The lowest BCUT2D eigenvalue weighted by Crippen LogP contribution is -2.46. The fourth-order valence-electron chi connectivity index (χ4n) is 4.03. The van der Waals surface area contributed by atoms with Crippen LogP contribution >= 0.6 is 0 Å². The number of hydrogen-bond donors (Lipinski definition) is 1. The van der Waals surface area contributed by atoms with Crippen LogP contribution in [0.5, 0.6) is 0 Å². The fourth-order valence-corrected chi connectivity index (χ4v) is 4.03. The van der Waals surface area contributed by atoms with Crippen LogP contribution in [0.3, 0.4) is 0 Å². The number of aromatic nitrogens is 2. The minimum absolute atomic E-state index is 0.0775. The number of rotatable bonds is 4. The predicted octanol–water partition coefficient (Wildman–Crippen LogP) is 6.16. The molecule has 1 unspecified atom stereocenters. The van der Waals surface area contributed by atoms with Crippen LogP contribution in [0.15, 0.2) is 77.0 Å². The average molecular weight is 476 g/mol. The second-order valence-corrected chi connectivity index (χ2v) is 8.14. The summed E-state index contributed by atoms with van der Waals surface area (Å²) in [5.74, 6) is -1.11. The van der Waals surface area contributed by atoms with Crippen LogP contribution in [0, 0.1) is 24.4 Å². The van der Waals surface area contributed by atoms with Crippen LogP contribution in [0.2, 0.25) is 0 Å². The molecule has 3 aromatic carbocycles. The zero-order valence-corrected chi connectivity index (χ0v) is 18.7. The molecule has 2 amide bonds. The molecule has 6 nitrogen and oxygen atoms in total. The van der Waals surface area contributed by atoms with Gasteiger partial charge in [0.1, 0.15) is 17.5 Å². The molecule has 5 rings (SSSR count). The van der Waals surface area contributed by atoms with Crippen LogP contribution in [-0.2, 0) is 0 Å². The van der Waals surface area contributed by atoms with Crippen molar-refractivity contribution in [3.63, 3.8) is 0 Å². The maximum Gasteiger partial charge on any atom is 0.327 e. The first kappa shape index (κ1) is 22.4. The normalized spacial score (nSPS) is 16.0. The van der Waals surface area contributed by atoms with E-state index in [2.05, 4.69) is 15.5 Å². The highest BCUT2D eigenvalue weighted by Gasteiger charge is 2.36. The molecule has 1 N–H and O–H groups in total. The third-order valence-corrected chi connectivity index (χ3v) is 5.84. The van der Waals surface area contributed by atoms with Crippen molar-refractivity contribution in [1.29, 1.82) is 0 Å². The molecular formula is C26H19F3N4O2. The minimum Gasteiger partial charge on any atom is -0.334 e. The van der Waals surface area contributed by atoms with Crippen molar-refractivity contribution < 1.29 is 22.5 Å². The number of carbonyl (C=O) groups is 1. The summed E-state index contributed by atoms with van der Waals surface area (Å²) in [4.78, 5) is 18.9. The monoisotopic (exact) mass is 476 g/mol. The second kappa shape index (κ2) is 8.75. The summed E-state index contributed by atoms with van der Waals surface area (Å²) in [6.07, 6.45) is 0. The lowest BCUT2D eigenvalue weighted by molar-refractivity contribution is 0.244. The minimum atomic E-state index is -0.754. The number of nitrogens with one attached hydrogen (secondary N) is 1. The molecule has 0 aliphatic carbocycles. The molecule has 1 aromatic heterocycles. The van der Waals surface area contributed by atoms with Gasteiger partial charge in [0.25, 0.3) is 5.89 Å². The summed E-state index contributed by atoms with van der Waals surface area (Å²) in [5, 5.41) is 6.85. The van der Waals surface area contributed by atoms with E-state index in [-0.39, 0.29) is 11.7 Å². The van der Waals surface area contributed by atoms with E-state index in [0.29, 0.717) is 33.6 Å². The van der Waals surface area contributed by atoms with Crippen LogP contribution in [0.25, 0.3) is 17.0 Å². The van der Waals surface area contributed by atoms with E-state index < -0.39 is 29.5 Å². The summed E-state index contributed by atoms with van der Waals surface area (Å²) >= 11 is 0. The predicted molar refractivity (Wildman–Crippen MR) is 124 cm³/mol. The quantitative estimate of drug-likeness (QED) is 0.383. The van der Waals surface area contributed by atoms with E-state index in [9.17, 15) is 18.0 Å². The second-order valence-electron chi connectivity index (χ2n) is 8.14. The van der Waals surface area contributed by atoms with Gasteiger partial charge in [-0.3, -0.25) is 4.90 Å². The Morgan fingerprint density at radius 3 is 2.43 bits per heavy atom.